The summed E-state index contributed by atoms with van der Waals surface area (Å²) in [5.41, 5.74) is 6.46. The van der Waals surface area contributed by atoms with Gasteiger partial charge in [0.05, 0.1) is 0 Å². The number of nitrogens with two attached hydrogens (primary N) is 1. The summed E-state index contributed by atoms with van der Waals surface area (Å²) in [6, 6.07) is 7.52. The molecule has 0 saturated carbocycles. The van der Waals surface area contributed by atoms with Crippen LogP contribution in [0.25, 0.3) is 0 Å². The highest BCUT2D eigenvalue weighted by molar-refractivity contribution is 6.31. The molecule has 1 aromatic carbocycles. The molecule has 0 heterocycles. The van der Waals surface area contributed by atoms with E-state index in [2.05, 4.69) is 5.32 Å². The van der Waals surface area contributed by atoms with Crippen LogP contribution in [0.4, 0.5) is 0 Å². The van der Waals surface area contributed by atoms with Crippen molar-refractivity contribution in [1.82, 2.24) is 5.32 Å². The lowest BCUT2D eigenvalue weighted by atomic mass is 9.95. The zero-order valence-electron chi connectivity index (χ0n) is 11.2. The van der Waals surface area contributed by atoms with Crippen molar-refractivity contribution in [3.05, 3.63) is 34.9 Å². The summed E-state index contributed by atoms with van der Waals surface area (Å²) < 4.78 is 0. The van der Waals surface area contributed by atoms with E-state index in [1.54, 1.807) is 0 Å². The van der Waals surface area contributed by atoms with E-state index < -0.39 is 0 Å². The van der Waals surface area contributed by atoms with Gasteiger partial charge in [0.15, 0.2) is 0 Å². The van der Waals surface area contributed by atoms with Crippen molar-refractivity contribution in [2.24, 2.45) is 5.73 Å². The molecule has 18 heavy (non-hydrogen) atoms. The molecule has 0 fully saturated rings. The van der Waals surface area contributed by atoms with E-state index in [-0.39, 0.29) is 17.4 Å². The molecule has 4 heteroatoms. The predicted octanol–water partition coefficient (Wildman–Crippen LogP) is 2.69. The Morgan fingerprint density at radius 3 is 2.50 bits per heavy atom. The summed E-state index contributed by atoms with van der Waals surface area (Å²) in [5.74, 6) is -0.0427. The maximum absolute atomic E-state index is 11.9. The number of nitrogens with one attached hydrogen (secondary N) is 1. The second-order valence-corrected chi connectivity index (χ2v) is 5.86. The van der Waals surface area contributed by atoms with Crippen molar-refractivity contribution < 1.29 is 4.79 Å². The van der Waals surface area contributed by atoms with Crippen LogP contribution in [0.3, 0.4) is 0 Å². The van der Waals surface area contributed by atoms with Gasteiger partial charge in [0.2, 0.25) is 5.91 Å². The van der Waals surface area contributed by atoms with Gasteiger partial charge in [0.25, 0.3) is 0 Å². The standard InChI is InChI=1S/C14H21ClN2O/c1-14(2,3)17-13(18)8-10(9-16)11-6-4-5-7-12(11)15/h4-7,10H,8-9,16H2,1-3H3,(H,17,18). The predicted molar refractivity (Wildman–Crippen MR) is 75.8 cm³/mol. The van der Waals surface area contributed by atoms with E-state index in [0.29, 0.717) is 18.0 Å². The molecule has 0 saturated heterocycles. The highest BCUT2D eigenvalue weighted by Crippen LogP contribution is 2.26. The Kier molecular flexibility index (Phi) is 5.17. The molecule has 1 unspecified atom stereocenters. The first-order valence-electron chi connectivity index (χ1n) is 6.09. The summed E-state index contributed by atoms with van der Waals surface area (Å²) >= 11 is 6.13. The molecule has 1 rings (SSSR count). The Hall–Kier alpha value is -1.06. The SMILES string of the molecule is CC(C)(C)NC(=O)CC(CN)c1ccccc1Cl. The van der Waals surface area contributed by atoms with E-state index in [0.717, 1.165) is 5.56 Å². The molecule has 1 amide bonds. The second-order valence-electron chi connectivity index (χ2n) is 5.46. The van der Waals surface area contributed by atoms with Crippen LogP contribution < -0.4 is 11.1 Å². The van der Waals surface area contributed by atoms with Crippen molar-refractivity contribution in [2.75, 3.05) is 6.54 Å². The molecule has 1 atom stereocenters. The minimum atomic E-state index is -0.225. The van der Waals surface area contributed by atoms with E-state index in [1.165, 1.54) is 0 Å². The average molecular weight is 269 g/mol. The molecule has 0 bridgehead atoms. The van der Waals surface area contributed by atoms with Crippen LogP contribution in [0.5, 0.6) is 0 Å². The number of hydrogen-bond donors (Lipinski definition) is 2. The van der Waals surface area contributed by atoms with E-state index in [9.17, 15) is 4.79 Å². The minimum Gasteiger partial charge on any atom is -0.351 e. The topological polar surface area (TPSA) is 55.1 Å². The summed E-state index contributed by atoms with van der Waals surface area (Å²) in [7, 11) is 0. The monoisotopic (exact) mass is 268 g/mol. The lowest BCUT2D eigenvalue weighted by Gasteiger charge is -2.23. The number of rotatable bonds is 4. The lowest BCUT2D eigenvalue weighted by Crippen LogP contribution is -2.41. The highest BCUT2D eigenvalue weighted by atomic mass is 35.5. The van der Waals surface area contributed by atoms with Crippen LogP contribution in [-0.4, -0.2) is 18.0 Å². The van der Waals surface area contributed by atoms with Crippen LogP contribution in [-0.2, 0) is 4.79 Å². The van der Waals surface area contributed by atoms with Crippen molar-refractivity contribution in [2.45, 2.75) is 38.6 Å². The maximum atomic E-state index is 11.9. The molecule has 0 aliphatic carbocycles. The van der Waals surface area contributed by atoms with E-state index in [4.69, 9.17) is 17.3 Å². The number of benzene rings is 1. The van der Waals surface area contributed by atoms with Crippen molar-refractivity contribution in [3.8, 4) is 0 Å². The highest BCUT2D eigenvalue weighted by Gasteiger charge is 2.20. The van der Waals surface area contributed by atoms with Gasteiger partial charge in [-0.05, 0) is 38.9 Å². The summed E-state index contributed by atoms with van der Waals surface area (Å²) in [4.78, 5) is 11.9. The fraction of sp³-hybridized carbons (Fsp3) is 0.500. The van der Waals surface area contributed by atoms with Gasteiger partial charge in [-0.25, -0.2) is 0 Å². The van der Waals surface area contributed by atoms with Crippen LogP contribution in [0, 0.1) is 0 Å². The van der Waals surface area contributed by atoms with Gasteiger partial charge in [-0.1, -0.05) is 29.8 Å². The van der Waals surface area contributed by atoms with Crippen LogP contribution in [0.15, 0.2) is 24.3 Å². The van der Waals surface area contributed by atoms with Gasteiger partial charge < -0.3 is 11.1 Å². The Morgan fingerprint density at radius 1 is 1.39 bits per heavy atom. The van der Waals surface area contributed by atoms with E-state index in [1.807, 2.05) is 45.0 Å². The maximum Gasteiger partial charge on any atom is 0.221 e. The number of carbonyl (C=O) groups is 1. The first kappa shape index (κ1) is 15.0. The smallest absolute Gasteiger partial charge is 0.221 e. The van der Waals surface area contributed by atoms with Crippen molar-refractivity contribution >= 4 is 17.5 Å². The summed E-state index contributed by atoms with van der Waals surface area (Å²) in [5, 5.41) is 3.60. The van der Waals surface area contributed by atoms with Gasteiger partial charge in [0.1, 0.15) is 0 Å². The van der Waals surface area contributed by atoms with Gasteiger partial charge in [0, 0.05) is 22.9 Å². The molecule has 1 aromatic rings. The van der Waals surface area contributed by atoms with Gasteiger partial charge >= 0.3 is 0 Å². The molecule has 0 radical (unpaired) electrons. The molecule has 0 aromatic heterocycles. The Morgan fingerprint density at radius 2 is 2.00 bits per heavy atom. The number of hydrogen-bond acceptors (Lipinski definition) is 2. The molecule has 0 spiro atoms. The second kappa shape index (κ2) is 6.21. The Labute approximate surface area is 114 Å². The molecule has 3 N–H and O–H groups in total. The van der Waals surface area contributed by atoms with Crippen molar-refractivity contribution in [3.63, 3.8) is 0 Å². The van der Waals surface area contributed by atoms with Crippen LogP contribution in [0.2, 0.25) is 5.02 Å². The molecule has 3 nitrogen and oxygen atoms in total. The van der Waals surface area contributed by atoms with E-state index >= 15 is 0 Å². The Bertz CT molecular complexity index is 413. The summed E-state index contributed by atoms with van der Waals surface area (Å²) in [6.45, 7) is 6.27. The number of amides is 1. The third kappa shape index (κ3) is 4.67. The third-order valence-corrected chi connectivity index (χ3v) is 2.92. The number of carbonyl (C=O) groups excluding carboxylic acids is 1. The normalized spacial score (nSPS) is 13.2. The molecule has 0 aliphatic rings. The van der Waals surface area contributed by atoms with Gasteiger partial charge in [-0.2, -0.15) is 0 Å². The molecule has 0 aliphatic heterocycles. The van der Waals surface area contributed by atoms with Gasteiger partial charge in [-0.15, -0.1) is 0 Å². The van der Waals surface area contributed by atoms with Crippen LogP contribution >= 0.6 is 11.6 Å². The van der Waals surface area contributed by atoms with Crippen molar-refractivity contribution in [1.29, 1.82) is 0 Å². The Balaban J connectivity index is 2.74. The lowest BCUT2D eigenvalue weighted by molar-refractivity contribution is -0.122. The van der Waals surface area contributed by atoms with Crippen LogP contribution in [0.1, 0.15) is 38.7 Å². The first-order valence-corrected chi connectivity index (χ1v) is 6.47. The molecular weight excluding hydrogens is 248 g/mol. The zero-order valence-corrected chi connectivity index (χ0v) is 11.9. The summed E-state index contributed by atoms with van der Waals surface area (Å²) in [6.07, 6.45) is 0.359. The molecular formula is C14H21ClN2O. The third-order valence-electron chi connectivity index (χ3n) is 2.58. The minimum absolute atomic E-state index is 0.00197. The average Bonchev–Trinajstić information content (AvgIpc) is 2.24. The quantitative estimate of drug-likeness (QED) is 0.882. The molecule has 100 valence electrons. The fourth-order valence-corrected chi connectivity index (χ4v) is 2.11. The first-order chi connectivity index (χ1) is 8.33. The number of halogens is 1. The fourth-order valence-electron chi connectivity index (χ4n) is 1.82. The van der Waals surface area contributed by atoms with Gasteiger partial charge in [-0.3, -0.25) is 4.79 Å². The zero-order chi connectivity index (χ0) is 13.8. The largest absolute Gasteiger partial charge is 0.351 e.